The maximum atomic E-state index is 11.1. The van der Waals surface area contributed by atoms with Crippen molar-refractivity contribution in [3.8, 4) is 0 Å². The van der Waals surface area contributed by atoms with E-state index < -0.39 is 12.2 Å². The van der Waals surface area contributed by atoms with Gasteiger partial charge in [0.25, 0.3) is 0 Å². The van der Waals surface area contributed by atoms with Crippen LogP contribution in [0.3, 0.4) is 0 Å². The first kappa shape index (κ1) is 21.5. The Hall–Kier alpha value is -1.54. The lowest BCUT2D eigenvalue weighted by Crippen LogP contribution is -2.40. The van der Waals surface area contributed by atoms with Crippen molar-refractivity contribution in [2.75, 3.05) is 39.4 Å². The van der Waals surface area contributed by atoms with E-state index >= 15 is 0 Å². The maximum Gasteiger partial charge on any atom is 0.407 e. The largest absolute Gasteiger partial charge is 0.465 e. The summed E-state index contributed by atoms with van der Waals surface area (Å²) in [4.78, 5) is 24.5. The number of carbonyl (C=O) groups is 2. The Morgan fingerprint density at radius 2 is 1.43 bits per heavy atom. The smallest absolute Gasteiger partial charge is 0.407 e. The van der Waals surface area contributed by atoms with Crippen molar-refractivity contribution in [2.24, 2.45) is 11.3 Å². The van der Waals surface area contributed by atoms with Gasteiger partial charge in [-0.3, -0.25) is 0 Å². The Morgan fingerprint density at radius 1 is 0.957 bits per heavy atom. The Labute approximate surface area is 137 Å². The molecule has 0 aliphatic carbocycles. The van der Waals surface area contributed by atoms with Crippen LogP contribution in [0.25, 0.3) is 0 Å². The minimum atomic E-state index is -1.06. The van der Waals surface area contributed by atoms with E-state index in [4.69, 9.17) is 20.4 Å². The van der Waals surface area contributed by atoms with Crippen LogP contribution in [0.1, 0.15) is 33.6 Å². The third kappa shape index (κ3) is 9.25. The number of amides is 2. The predicted octanol–water partition coefficient (Wildman–Crippen LogP) is 1.37. The highest BCUT2D eigenvalue weighted by Gasteiger charge is 2.26. The topological polar surface area (TPSA) is 122 Å². The number of carboxylic acid groups (broad SMARTS) is 2. The first-order valence-corrected chi connectivity index (χ1v) is 7.80. The molecule has 0 aliphatic rings. The molecule has 4 N–H and O–H groups in total. The van der Waals surface area contributed by atoms with Crippen LogP contribution in [-0.4, -0.2) is 81.8 Å². The van der Waals surface area contributed by atoms with E-state index in [0.717, 1.165) is 6.42 Å². The van der Waals surface area contributed by atoms with Gasteiger partial charge in [-0.05, 0) is 24.2 Å². The second-order valence-electron chi connectivity index (χ2n) is 6.68. The molecule has 0 bridgehead atoms. The molecule has 136 valence electrons. The summed E-state index contributed by atoms with van der Waals surface area (Å²) in [6, 6.07) is 0. The van der Waals surface area contributed by atoms with Crippen molar-refractivity contribution in [2.45, 2.75) is 33.6 Å². The molecule has 0 aromatic rings. The Bertz CT molecular complexity index is 375. The van der Waals surface area contributed by atoms with Gasteiger partial charge in [0.2, 0.25) is 0 Å². The van der Waals surface area contributed by atoms with E-state index in [1.165, 1.54) is 9.80 Å². The first-order valence-electron chi connectivity index (χ1n) is 7.80. The molecule has 8 nitrogen and oxygen atoms in total. The van der Waals surface area contributed by atoms with Gasteiger partial charge in [0.05, 0.1) is 13.2 Å². The molecule has 0 rings (SSSR count). The number of aliphatic hydroxyl groups excluding tert-OH is 2. The summed E-state index contributed by atoms with van der Waals surface area (Å²) >= 11 is 0. The van der Waals surface area contributed by atoms with Gasteiger partial charge >= 0.3 is 12.2 Å². The van der Waals surface area contributed by atoms with Crippen LogP contribution in [0.15, 0.2) is 0 Å². The summed E-state index contributed by atoms with van der Waals surface area (Å²) in [6.07, 6.45) is -0.734. The Balaban J connectivity index is 4.46. The molecular weight excluding hydrogens is 304 g/mol. The number of hydrogen-bond donors (Lipinski definition) is 4. The number of nitrogens with zero attached hydrogens (tertiary/aromatic N) is 2. The van der Waals surface area contributed by atoms with E-state index in [-0.39, 0.29) is 37.6 Å². The summed E-state index contributed by atoms with van der Waals surface area (Å²) in [5, 5.41) is 35.9. The fraction of sp³-hybridized carbons (Fsp3) is 0.867. The summed E-state index contributed by atoms with van der Waals surface area (Å²) in [6.45, 7) is 6.31. The number of rotatable bonds is 11. The van der Waals surface area contributed by atoms with Gasteiger partial charge in [-0.15, -0.1) is 0 Å². The van der Waals surface area contributed by atoms with Crippen LogP contribution in [-0.2, 0) is 0 Å². The molecule has 0 aromatic carbocycles. The molecule has 0 heterocycles. The fourth-order valence-electron chi connectivity index (χ4n) is 2.79. The molecule has 0 aromatic heterocycles. The lowest BCUT2D eigenvalue weighted by atomic mass is 9.81. The normalized spacial score (nSPS) is 12.7. The van der Waals surface area contributed by atoms with Crippen molar-refractivity contribution < 1.29 is 30.0 Å². The van der Waals surface area contributed by atoms with Crippen LogP contribution < -0.4 is 0 Å². The van der Waals surface area contributed by atoms with Crippen molar-refractivity contribution in [3.63, 3.8) is 0 Å². The molecule has 0 saturated heterocycles. The minimum Gasteiger partial charge on any atom is -0.465 e. The van der Waals surface area contributed by atoms with Crippen molar-refractivity contribution in [1.29, 1.82) is 0 Å². The van der Waals surface area contributed by atoms with Gasteiger partial charge in [0.1, 0.15) is 0 Å². The van der Waals surface area contributed by atoms with Gasteiger partial charge in [0, 0.05) is 26.2 Å². The molecular formula is C15H30N2O6. The van der Waals surface area contributed by atoms with Gasteiger partial charge in [-0.2, -0.15) is 0 Å². The van der Waals surface area contributed by atoms with Gasteiger partial charge < -0.3 is 30.2 Å². The third-order valence-corrected chi connectivity index (χ3v) is 3.69. The highest BCUT2D eigenvalue weighted by molar-refractivity contribution is 5.65. The molecule has 0 aliphatic heterocycles. The Morgan fingerprint density at radius 3 is 1.87 bits per heavy atom. The van der Waals surface area contributed by atoms with Crippen LogP contribution in [0.4, 0.5) is 9.59 Å². The molecule has 0 spiro atoms. The van der Waals surface area contributed by atoms with Crippen LogP contribution in [0, 0.1) is 11.3 Å². The molecule has 0 saturated carbocycles. The van der Waals surface area contributed by atoms with Gasteiger partial charge in [-0.1, -0.05) is 20.8 Å². The lowest BCUT2D eigenvalue weighted by molar-refractivity contribution is 0.0984. The van der Waals surface area contributed by atoms with Gasteiger partial charge in [-0.25, -0.2) is 9.59 Å². The molecule has 0 fully saturated rings. The zero-order valence-electron chi connectivity index (χ0n) is 14.2. The summed E-state index contributed by atoms with van der Waals surface area (Å²) in [7, 11) is 0. The molecule has 1 atom stereocenters. The first-order chi connectivity index (χ1) is 10.6. The highest BCUT2D eigenvalue weighted by Crippen LogP contribution is 2.28. The van der Waals surface area contributed by atoms with Gasteiger partial charge in [0.15, 0.2) is 0 Å². The third-order valence-electron chi connectivity index (χ3n) is 3.69. The standard InChI is InChI=1S/C15H30N2O6/c1-12(4-5-16(6-8-18)13(20)21)10-15(2,3)11-17(7-9-19)14(22)23/h12,18-19H,4-11H2,1-3H3,(H,20,21)(H,22,23). The van der Waals surface area contributed by atoms with Crippen LogP contribution >= 0.6 is 0 Å². The Kier molecular flexibility index (Phi) is 9.59. The summed E-state index contributed by atoms with van der Waals surface area (Å²) in [5.74, 6) is 0.204. The number of hydrogen-bond acceptors (Lipinski definition) is 4. The van der Waals surface area contributed by atoms with Crippen molar-refractivity contribution in [1.82, 2.24) is 9.80 Å². The molecule has 8 heteroatoms. The predicted molar refractivity (Wildman–Crippen MR) is 85.5 cm³/mol. The van der Waals surface area contributed by atoms with Crippen molar-refractivity contribution >= 4 is 12.2 Å². The number of aliphatic hydroxyl groups is 2. The fourth-order valence-corrected chi connectivity index (χ4v) is 2.79. The average Bonchev–Trinajstić information content (AvgIpc) is 2.41. The monoisotopic (exact) mass is 334 g/mol. The van der Waals surface area contributed by atoms with E-state index in [0.29, 0.717) is 19.5 Å². The highest BCUT2D eigenvalue weighted by atomic mass is 16.4. The average molecular weight is 334 g/mol. The van der Waals surface area contributed by atoms with Crippen LogP contribution in [0.5, 0.6) is 0 Å². The summed E-state index contributed by atoms with van der Waals surface area (Å²) < 4.78 is 0. The lowest BCUT2D eigenvalue weighted by Gasteiger charge is -2.33. The molecule has 23 heavy (non-hydrogen) atoms. The quantitative estimate of drug-likeness (QED) is 0.453. The SMILES string of the molecule is CC(CCN(CCO)C(=O)O)CC(C)(C)CN(CCO)C(=O)O. The minimum absolute atomic E-state index is 0.0798. The molecule has 1 unspecified atom stereocenters. The second kappa shape index (κ2) is 10.3. The van der Waals surface area contributed by atoms with Crippen molar-refractivity contribution in [3.05, 3.63) is 0 Å². The van der Waals surface area contributed by atoms with E-state index in [9.17, 15) is 9.59 Å². The zero-order chi connectivity index (χ0) is 18.0. The zero-order valence-corrected chi connectivity index (χ0v) is 14.2. The van der Waals surface area contributed by atoms with E-state index in [1.54, 1.807) is 0 Å². The van der Waals surface area contributed by atoms with E-state index in [1.807, 2.05) is 20.8 Å². The maximum absolute atomic E-state index is 11.1. The second-order valence-corrected chi connectivity index (χ2v) is 6.68. The summed E-state index contributed by atoms with van der Waals surface area (Å²) in [5.41, 5.74) is -0.280. The molecule has 2 amide bonds. The van der Waals surface area contributed by atoms with Crippen LogP contribution in [0.2, 0.25) is 0 Å². The molecule has 0 radical (unpaired) electrons. The van der Waals surface area contributed by atoms with E-state index in [2.05, 4.69) is 0 Å².